The van der Waals surface area contributed by atoms with E-state index < -0.39 is 5.54 Å². The van der Waals surface area contributed by atoms with Gasteiger partial charge in [-0.05, 0) is 75.1 Å². The van der Waals surface area contributed by atoms with Crippen LogP contribution >= 0.6 is 23.2 Å². The van der Waals surface area contributed by atoms with Gasteiger partial charge in [-0.2, -0.15) is 0 Å². The van der Waals surface area contributed by atoms with E-state index in [4.69, 9.17) is 38.4 Å². The molecule has 3 rings (SSSR count). The van der Waals surface area contributed by atoms with E-state index >= 15 is 0 Å². The largest absolute Gasteiger partial charge is 0.490 e. The van der Waals surface area contributed by atoms with E-state index in [1.165, 1.54) is 0 Å². The van der Waals surface area contributed by atoms with Gasteiger partial charge in [-0.15, -0.1) is 0 Å². The number of carbonyl (C=O) groups is 1. The van der Waals surface area contributed by atoms with Gasteiger partial charge >= 0.3 is 0 Å². The monoisotopic (exact) mass is 528 g/mol. The zero-order chi connectivity index (χ0) is 26.3. The van der Waals surface area contributed by atoms with Gasteiger partial charge in [-0.25, -0.2) is 0 Å². The fraction of sp³-hybridized carbons (Fsp3) is 0.345. The van der Waals surface area contributed by atoms with E-state index in [1.54, 1.807) is 12.1 Å². The maximum absolute atomic E-state index is 13.2. The van der Waals surface area contributed by atoms with Crippen LogP contribution in [0.4, 0.5) is 0 Å². The van der Waals surface area contributed by atoms with Crippen LogP contribution in [0.1, 0.15) is 37.5 Å². The Morgan fingerprint density at radius 1 is 0.972 bits per heavy atom. The summed E-state index contributed by atoms with van der Waals surface area (Å²) in [6.07, 6.45) is 0.530. The SMILES string of the molecule is Cc1cc(Cl)c(OCCOc2ccc(CC(C(=O)NC(C)(C)c3ccccc3)C(C)N)cc2)c(Cl)c1. The molecule has 2 atom stereocenters. The minimum absolute atomic E-state index is 0.0650. The fourth-order valence-corrected chi connectivity index (χ4v) is 4.65. The minimum Gasteiger partial charge on any atom is -0.490 e. The van der Waals surface area contributed by atoms with Crippen molar-refractivity contribution in [3.63, 3.8) is 0 Å². The molecule has 7 heteroatoms. The van der Waals surface area contributed by atoms with Gasteiger partial charge < -0.3 is 20.5 Å². The van der Waals surface area contributed by atoms with E-state index in [0.717, 1.165) is 16.7 Å². The van der Waals surface area contributed by atoms with Gasteiger partial charge in [0.25, 0.3) is 0 Å². The van der Waals surface area contributed by atoms with E-state index in [1.807, 2.05) is 82.3 Å². The lowest BCUT2D eigenvalue weighted by Crippen LogP contribution is -2.48. The van der Waals surface area contributed by atoms with Crippen molar-refractivity contribution in [3.05, 3.63) is 93.5 Å². The molecular weight excluding hydrogens is 495 g/mol. The normalized spacial score (nSPS) is 13.1. The second kappa shape index (κ2) is 12.5. The quantitative estimate of drug-likeness (QED) is 0.285. The molecule has 0 aliphatic heterocycles. The van der Waals surface area contributed by atoms with Gasteiger partial charge in [0.2, 0.25) is 5.91 Å². The van der Waals surface area contributed by atoms with Gasteiger partial charge in [0.05, 0.1) is 21.5 Å². The Bertz CT molecular complexity index is 1130. The molecule has 36 heavy (non-hydrogen) atoms. The molecule has 0 aromatic heterocycles. The Hall–Kier alpha value is -2.73. The molecule has 0 aliphatic carbocycles. The van der Waals surface area contributed by atoms with Crippen molar-refractivity contribution in [2.24, 2.45) is 11.7 Å². The van der Waals surface area contributed by atoms with Crippen molar-refractivity contribution in [2.75, 3.05) is 13.2 Å². The Labute approximate surface area is 223 Å². The summed E-state index contributed by atoms with van der Waals surface area (Å²) in [5.74, 6) is 0.732. The molecule has 2 unspecified atom stereocenters. The van der Waals surface area contributed by atoms with E-state index in [-0.39, 0.29) is 17.9 Å². The lowest BCUT2D eigenvalue weighted by Gasteiger charge is -2.30. The number of halogens is 2. The zero-order valence-corrected chi connectivity index (χ0v) is 22.7. The van der Waals surface area contributed by atoms with Gasteiger partial charge in [0.1, 0.15) is 19.0 Å². The maximum atomic E-state index is 13.2. The summed E-state index contributed by atoms with van der Waals surface area (Å²) in [5.41, 5.74) is 8.73. The smallest absolute Gasteiger partial charge is 0.225 e. The number of carbonyl (C=O) groups excluding carboxylic acids is 1. The first-order valence-corrected chi connectivity index (χ1v) is 12.8. The van der Waals surface area contributed by atoms with Crippen LogP contribution in [0.2, 0.25) is 10.0 Å². The van der Waals surface area contributed by atoms with E-state index in [9.17, 15) is 4.79 Å². The molecule has 192 valence electrons. The molecule has 3 aromatic rings. The maximum Gasteiger partial charge on any atom is 0.225 e. The molecule has 3 aromatic carbocycles. The molecular formula is C29H34Cl2N2O3. The Morgan fingerprint density at radius 2 is 1.56 bits per heavy atom. The number of benzene rings is 3. The summed E-state index contributed by atoms with van der Waals surface area (Å²) < 4.78 is 11.5. The van der Waals surface area contributed by atoms with Crippen LogP contribution in [0, 0.1) is 12.8 Å². The molecule has 0 saturated heterocycles. The van der Waals surface area contributed by atoms with Crippen LogP contribution in [-0.2, 0) is 16.8 Å². The molecule has 1 amide bonds. The summed E-state index contributed by atoms with van der Waals surface area (Å²) in [5, 5.41) is 4.12. The first-order valence-electron chi connectivity index (χ1n) is 12.0. The predicted molar refractivity (Wildman–Crippen MR) is 147 cm³/mol. The zero-order valence-electron chi connectivity index (χ0n) is 21.2. The van der Waals surface area contributed by atoms with Gasteiger partial charge in [-0.1, -0.05) is 65.7 Å². The molecule has 0 saturated carbocycles. The van der Waals surface area contributed by atoms with Crippen molar-refractivity contribution in [3.8, 4) is 11.5 Å². The van der Waals surface area contributed by atoms with Crippen LogP contribution in [0.25, 0.3) is 0 Å². The van der Waals surface area contributed by atoms with Gasteiger partial charge in [0, 0.05) is 6.04 Å². The van der Waals surface area contributed by atoms with Crippen molar-refractivity contribution >= 4 is 29.1 Å². The van der Waals surface area contributed by atoms with Crippen molar-refractivity contribution in [1.29, 1.82) is 0 Å². The number of rotatable bonds is 11. The van der Waals surface area contributed by atoms with Crippen LogP contribution in [0.3, 0.4) is 0 Å². The fourth-order valence-electron chi connectivity index (χ4n) is 3.95. The summed E-state index contributed by atoms with van der Waals surface area (Å²) in [4.78, 5) is 13.2. The standard InChI is InChI=1S/C29H34Cl2N2O3/c1-19-16-25(30)27(26(31)17-19)36-15-14-35-23-12-10-21(11-13-23)18-24(20(2)32)28(34)33-29(3,4)22-8-6-5-7-9-22/h5-13,16-17,20,24H,14-15,18,32H2,1-4H3,(H,33,34). The molecule has 0 aliphatic rings. The third-order valence-corrected chi connectivity index (χ3v) is 6.58. The third-order valence-electron chi connectivity index (χ3n) is 6.02. The number of hydrogen-bond acceptors (Lipinski definition) is 4. The van der Waals surface area contributed by atoms with Crippen molar-refractivity contribution < 1.29 is 14.3 Å². The number of amides is 1. The molecule has 5 nitrogen and oxygen atoms in total. The summed E-state index contributed by atoms with van der Waals surface area (Å²) >= 11 is 12.4. The third kappa shape index (κ3) is 7.63. The second-order valence-corrected chi connectivity index (χ2v) is 10.4. The molecule has 0 spiro atoms. The lowest BCUT2D eigenvalue weighted by atomic mass is 9.89. The number of nitrogens with one attached hydrogen (secondary N) is 1. The Balaban J connectivity index is 1.54. The summed E-state index contributed by atoms with van der Waals surface area (Å²) in [7, 11) is 0. The van der Waals surface area contributed by atoms with Crippen LogP contribution in [0.5, 0.6) is 11.5 Å². The van der Waals surface area contributed by atoms with Gasteiger partial charge in [-0.3, -0.25) is 4.79 Å². The summed E-state index contributed by atoms with van der Waals surface area (Å²) in [6, 6.07) is 20.9. The molecule has 0 heterocycles. The molecule has 0 fully saturated rings. The van der Waals surface area contributed by atoms with Crippen molar-refractivity contribution in [2.45, 2.75) is 45.7 Å². The van der Waals surface area contributed by atoms with Crippen LogP contribution in [-0.4, -0.2) is 25.2 Å². The predicted octanol–water partition coefficient (Wildman–Crippen LogP) is 6.32. The van der Waals surface area contributed by atoms with Crippen LogP contribution < -0.4 is 20.5 Å². The highest BCUT2D eigenvalue weighted by Crippen LogP contribution is 2.34. The van der Waals surface area contributed by atoms with E-state index in [2.05, 4.69) is 5.32 Å². The highest BCUT2D eigenvalue weighted by Gasteiger charge is 2.29. The lowest BCUT2D eigenvalue weighted by molar-refractivity contribution is -0.127. The highest BCUT2D eigenvalue weighted by molar-refractivity contribution is 6.37. The Morgan fingerprint density at radius 3 is 2.14 bits per heavy atom. The molecule has 0 radical (unpaired) electrons. The topological polar surface area (TPSA) is 73.6 Å². The molecule has 3 N–H and O–H groups in total. The minimum atomic E-state index is -0.502. The average Bonchev–Trinajstić information content (AvgIpc) is 2.82. The molecule has 0 bridgehead atoms. The summed E-state index contributed by atoms with van der Waals surface area (Å²) in [6.45, 7) is 8.41. The van der Waals surface area contributed by atoms with Gasteiger partial charge in [0.15, 0.2) is 5.75 Å². The van der Waals surface area contributed by atoms with Crippen LogP contribution in [0.15, 0.2) is 66.7 Å². The average molecular weight is 530 g/mol. The highest BCUT2D eigenvalue weighted by atomic mass is 35.5. The number of hydrogen-bond donors (Lipinski definition) is 2. The second-order valence-electron chi connectivity index (χ2n) is 9.55. The number of aryl methyl sites for hydroxylation is 1. The number of ether oxygens (including phenoxy) is 2. The number of nitrogens with two attached hydrogens (primary N) is 1. The van der Waals surface area contributed by atoms with Crippen molar-refractivity contribution in [1.82, 2.24) is 5.32 Å². The Kier molecular flexibility index (Phi) is 9.66. The first kappa shape index (κ1) is 27.9. The first-order chi connectivity index (χ1) is 17.1. The van der Waals surface area contributed by atoms with E-state index in [0.29, 0.717) is 41.2 Å².